The van der Waals surface area contributed by atoms with E-state index in [0.717, 1.165) is 17.1 Å². The molecule has 3 aromatic rings. The Morgan fingerprint density at radius 3 is 2.56 bits per heavy atom. The molecular weight excluding hydrogens is 358 g/mol. The van der Waals surface area contributed by atoms with Crippen molar-refractivity contribution in [3.8, 4) is 10.4 Å². The van der Waals surface area contributed by atoms with E-state index in [2.05, 4.69) is 26.7 Å². The van der Waals surface area contributed by atoms with Gasteiger partial charge < -0.3 is 15.5 Å². The smallest absolute Gasteiger partial charge is 0.251 e. The molecule has 0 bridgehead atoms. The first-order chi connectivity index (χ1) is 13.0. The van der Waals surface area contributed by atoms with E-state index < -0.39 is 0 Å². The van der Waals surface area contributed by atoms with Gasteiger partial charge >= 0.3 is 0 Å². The van der Waals surface area contributed by atoms with Gasteiger partial charge in [0.2, 0.25) is 5.95 Å². The Balaban J connectivity index is 1.50. The molecule has 2 N–H and O–H groups in total. The van der Waals surface area contributed by atoms with Crippen LogP contribution in [0.2, 0.25) is 0 Å². The summed E-state index contributed by atoms with van der Waals surface area (Å²) in [7, 11) is 3.88. The Bertz CT molecular complexity index is 891. The third-order valence-corrected chi connectivity index (χ3v) is 4.86. The maximum Gasteiger partial charge on any atom is 0.251 e. The van der Waals surface area contributed by atoms with Gasteiger partial charge in [0.05, 0.1) is 0 Å². The molecule has 0 fully saturated rings. The highest BCUT2D eigenvalue weighted by Gasteiger charge is 2.07. The van der Waals surface area contributed by atoms with Gasteiger partial charge in [0, 0.05) is 49.4 Å². The van der Waals surface area contributed by atoms with E-state index >= 15 is 0 Å². The van der Waals surface area contributed by atoms with Crippen molar-refractivity contribution in [1.29, 1.82) is 0 Å². The molecule has 3 rings (SSSR count). The molecule has 0 unspecified atom stereocenters. The molecule has 1 aromatic carbocycles. The molecule has 0 aliphatic heterocycles. The number of aromatic nitrogens is 2. The third kappa shape index (κ3) is 5.04. The lowest BCUT2D eigenvalue weighted by molar-refractivity contribution is 0.0955. The number of carbonyl (C=O) groups is 1. The van der Waals surface area contributed by atoms with Gasteiger partial charge in [-0.25, -0.2) is 4.98 Å². The number of nitrogens with one attached hydrogen (secondary N) is 2. The monoisotopic (exact) mass is 381 g/mol. The van der Waals surface area contributed by atoms with Crippen molar-refractivity contribution >= 4 is 29.0 Å². The van der Waals surface area contributed by atoms with E-state index in [1.165, 1.54) is 4.88 Å². The minimum atomic E-state index is -0.0892. The SMILES string of the molecule is Cc1cc(N(C)C)nc(NCCNC(=O)c2ccc(-c3cccs3)cc2)n1. The summed E-state index contributed by atoms with van der Waals surface area (Å²) in [6.07, 6.45) is 0. The maximum absolute atomic E-state index is 12.3. The second-order valence-electron chi connectivity index (χ2n) is 6.32. The number of rotatable bonds is 7. The molecule has 27 heavy (non-hydrogen) atoms. The molecule has 140 valence electrons. The van der Waals surface area contributed by atoms with Crippen molar-refractivity contribution in [3.05, 3.63) is 59.1 Å². The molecule has 0 saturated carbocycles. The number of hydrogen-bond donors (Lipinski definition) is 2. The van der Waals surface area contributed by atoms with Crippen LogP contribution >= 0.6 is 11.3 Å². The standard InChI is InChI=1S/C20H23N5OS/c1-14-13-18(25(2)3)24-20(23-14)22-11-10-21-19(26)16-8-6-15(7-9-16)17-5-4-12-27-17/h4-9,12-13H,10-11H2,1-3H3,(H,21,26)(H,22,23,24). The molecule has 2 aromatic heterocycles. The van der Waals surface area contributed by atoms with Gasteiger partial charge in [-0.1, -0.05) is 18.2 Å². The predicted molar refractivity (Wildman–Crippen MR) is 112 cm³/mol. The summed E-state index contributed by atoms with van der Waals surface area (Å²) in [6, 6.07) is 13.7. The van der Waals surface area contributed by atoms with Crippen LogP contribution in [0.5, 0.6) is 0 Å². The van der Waals surface area contributed by atoms with Gasteiger partial charge in [0.25, 0.3) is 5.91 Å². The van der Waals surface area contributed by atoms with Crippen molar-refractivity contribution in [2.24, 2.45) is 0 Å². The Morgan fingerprint density at radius 2 is 1.89 bits per heavy atom. The second-order valence-corrected chi connectivity index (χ2v) is 7.27. The fraction of sp³-hybridized carbons (Fsp3) is 0.250. The fourth-order valence-corrected chi connectivity index (χ4v) is 3.27. The molecule has 2 heterocycles. The largest absolute Gasteiger partial charge is 0.363 e. The van der Waals surface area contributed by atoms with Crippen molar-refractivity contribution in [3.63, 3.8) is 0 Å². The lowest BCUT2D eigenvalue weighted by Gasteiger charge is -2.14. The molecule has 1 amide bonds. The number of hydrogen-bond acceptors (Lipinski definition) is 6. The Morgan fingerprint density at radius 1 is 1.11 bits per heavy atom. The highest BCUT2D eigenvalue weighted by molar-refractivity contribution is 7.13. The predicted octanol–water partition coefficient (Wildman–Crippen LogP) is 3.42. The minimum absolute atomic E-state index is 0.0892. The van der Waals surface area contributed by atoms with Gasteiger partial charge in [-0.3, -0.25) is 4.79 Å². The van der Waals surface area contributed by atoms with E-state index in [-0.39, 0.29) is 5.91 Å². The van der Waals surface area contributed by atoms with E-state index in [1.54, 1.807) is 11.3 Å². The topological polar surface area (TPSA) is 70.2 Å². The van der Waals surface area contributed by atoms with Gasteiger partial charge in [-0.05, 0) is 36.1 Å². The van der Waals surface area contributed by atoms with Gasteiger partial charge in [-0.2, -0.15) is 4.98 Å². The molecule has 6 nitrogen and oxygen atoms in total. The molecule has 0 spiro atoms. The van der Waals surface area contributed by atoms with Crippen LogP contribution in [0, 0.1) is 6.92 Å². The van der Waals surface area contributed by atoms with Gasteiger partial charge in [-0.15, -0.1) is 11.3 Å². The summed E-state index contributed by atoms with van der Waals surface area (Å²) in [4.78, 5) is 24.2. The maximum atomic E-state index is 12.3. The van der Waals surface area contributed by atoms with Crippen molar-refractivity contribution in [2.75, 3.05) is 37.4 Å². The average Bonchev–Trinajstić information content (AvgIpc) is 3.19. The second kappa shape index (κ2) is 8.64. The molecule has 0 radical (unpaired) electrons. The van der Waals surface area contributed by atoms with E-state index in [0.29, 0.717) is 24.6 Å². The first-order valence-electron chi connectivity index (χ1n) is 8.72. The summed E-state index contributed by atoms with van der Waals surface area (Å²) in [5.41, 5.74) is 2.67. The van der Waals surface area contributed by atoms with Gasteiger partial charge in [0.15, 0.2) is 0 Å². The summed E-state index contributed by atoms with van der Waals surface area (Å²) < 4.78 is 0. The average molecular weight is 382 g/mol. The molecular formula is C20H23N5OS. The normalized spacial score (nSPS) is 10.5. The lowest BCUT2D eigenvalue weighted by Crippen LogP contribution is -2.29. The first-order valence-corrected chi connectivity index (χ1v) is 9.60. The fourth-order valence-electron chi connectivity index (χ4n) is 2.54. The van der Waals surface area contributed by atoms with Crippen LogP contribution < -0.4 is 15.5 Å². The Labute approximate surface area is 163 Å². The number of anilines is 2. The summed E-state index contributed by atoms with van der Waals surface area (Å²) in [5, 5.41) is 8.11. The molecule has 0 saturated heterocycles. The minimum Gasteiger partial charge on any atom is -0.363 e. The Kier molecular flexibility index (Phi) is 6.03. The number of amides is 1. The third-order valence-electron chi connectivity index (χ3n) is 3.95. The van der Waals surface area contributed by atoms with Crippen molar-refractivity contribution in [1.82, 2.24) is 15.3 Å². The lowest BCUT2D eigenvalue weighted by atomic mass is 10.1. The summed E-state index contributed by atoms with van der Waals surface area (Å²) in [6.45, 7) is 2.97. The van der Waals surface area contributed by atoms with Crippen LogP contribution in [0.1, 0.15) is 16.1 Å². The van der Waals surface area contributed by atoms with E-state index in [1.807, 2.05) is 67.7 Å². The highest BCUT2D eigenvalue weighted by Crippen LogP contribution is 2.24. The van der Waals surface area contributed by atoms with Gasteiger partial charge in [0.1, 0.15) is 5.82 Å². The number of carbonyl (C=O) groups excluding carboxylic acids is 1. The quantitative estimate of drug-likeness (QED) is 0.614. The zero-order valence-electron chi connectivity index (χ0n) is 15.7. The van der Waals surface area contributed by atoms with Crippen LogP contribution in [-0.4, -0.2) is 43.1 Å². The number of aryl methyl sites for hydroxylation is 1. The highest BCUT2D eigenvalue weighted by atomic mass is 32.1. The van der Waals surface area contributed by atoms with Crippen molar-refractivity contribution in [2.45, 2.75) is 6.92 Å². The van der Waals surface area contributed by atoms with Crippen LogP contribution in [0.25, 0.3) is 10.4 Å². The first kappa shape index (κ1) is 18.8. The molecule has 7 heteroatoms. The van der Waals surface area contributed by atoms with Crippen LogP contribution in [-0.2, 0) is 0 Å². The number of thiophene rings is 1. The van der Waals surface area contributed by atoms with Crippen LogP contribution in [0.3, 0.4) is 0 Å². The number of nitrogens with zero attached hydrogens (tertiary/aromatic N) is 3. The molecule has 0 aliphatic carbocycles. The molecule has 0 aliphatic rings. The zero-order valence-corrected chi connectivity index (χ0v) is 16.5. The van der Waals surface area contributed by atoms with E-state index in [4.69, 9.17) is 0 Å². The van der Waals surface area contributed by atoms with Crippen LogP contribution in [0.4, 0.5) is 11.8 Å². The molecule has 0 atom stereocenters. The summed E-state index contributed by atoms with van der Waals surface area (Å²) in [5.74, 6) is 1.32. The zero-order chi connectivity index (χ0) is 19.2. The Hall–Kier alpha value is -2.93. The van der Waals surface area contributed by atoms with Crippen molar-refractivity contribution < 1.29 is 4.79 Å². The number of benzene rings is 1. The summed E-state index contributed by atoms with van der Waals surface area (Å²) >= 11 is 1.68. The van der Waals surface area contributed by atoms with E-state index in [9.17, 15) is 4.79 Å². The van der Waals surface area contributed by atoms with Crippen LogP contribution in [0.15, 0.2) is 47.8 Å².